The molecule has 1 saturated heterocycles. The zero-order valence-corrected chi connectivity index (χ0v) is 16.4. The molecule has 1 aliphatic rings. The Morgan fingerprint density at radius 2 is 1.63 bits per heavy atom. The minimum absolute atomic E-state index is 0.0258. The largest absolute Gasteiger partial charge is 0.330 e. The highest BCUT2D eigenvalue weighted by Crippen LogP contribution is 2.33. The molecule has 1 heterocycles. The van der Waals surface area contributed by atoms with Gasteiger partial charge in [-0.15, -0.1) is 0 Å². The average molecular weight is 383 g/mol. The highest BCUT2D eigenvalue weighted by molar-refractivity contribution is 6.30. The van der Waals surface area contributed by atoms with Crippen molar-refractivity contribution in [3.63, 3.8) is 0 Å². The molecule has 0 bridgehead atoms. The van der Waals surface area contributed by atoms with Crippen LogP contribution in [0.2, 0.25) is 5.02 Å². The molecule has 0 saturated carbocycles. The zero-order valence-electron chi connectivity index (χ0n) is 15.7. The molecule has 3 rings (SSSR count). The molecule has 2 aromatic rings. The standard InChI is InChI=1S/C22H23ClN2O2/c1-13-18(20(26)15-7-11-17(23)12-8-15)19(25-21(27)24-13)14-5-9-16(10-6-14)22(2,3)4/h5-12,18-19H,1H2,2-4H3,(H2,24,25,27)/t18-,19-/m1/s1. The summed E-state index contributed by atoms with van der Waals surface area (Å²) >= 11 is 5.93. The number of rotatable bonds is 3. The molecular weight excluding hydrogens is 360 g/mol. The molecule has 0 unspecified atom stereocenters. The number of carbonyl (C=O) groups is 2. The second-order valence-electron chi connectivity index (χ2n) is 7.82. The molecule has 0 spiro atoms. The smallest absolute Gasteiger partial charge is 0.319 e. The minimum Gasteiger partial charge on any atom is -0.330 e. The van der Waals surface area contributed by atoms with Crippen LogP contribution in [0.3, 0.4) is 0 Å². The lowest BCUT2D eigenvalue weighted by Crippen LogP contribution is -2.50. The lowest BCUT2D eigenvalue weighted by molar-refractivity contribution is 0.0905. The Morgan fingerprint density at radius 3 is 2.19 bits per heavy atom. The van der Waals surface area contributed by atoms with Crippen molar-refractivity contribution >= 4 is 23.4 Å². The molecule has 2 atom stereocenters. The van der Waals surface area contributed by atoms with Crippen LogP contribution in [0.25, 0.3) is 0 Å². The van der Waals surface area contributed by atoms with Crippen LogP contribution >= 0.6 is 11.6 Å². The molecule has 2 N–H and O–H groups in total. The monoisotopic (exact) mass is 382 g/mol. The minimum atomic E-state index is -0.607. The molecule has 27 heavy (non-hydrogen) atoms. The second-order valence-corrected chi connectivity index (χ2v) is 8.26. The Kier molecular flexibility index (Phi) is 5.11. The summed E-state index contributed by atoms with van der Waals surface area (Å²) in [6.07, 6.45) is 0. The summed E-state index contributed by atoms with van der Waals surface area (Å²) in [6.45, 7) is 10.3. The number of hydrogen-bond donors (Lipinski definition) is 2. The van der Waals surface area contributed by atoms with E-state index in [0.717, 1.165) is 5.56 Å². The summed E-state index contributed by atoms with van der Waals surface area (Å²) < 4.78 is 0. The van der Waals surface area contributed by atoms with E-state index in [1.807, 2.05) is 24.3 Å². The number of urea groups is 1. The fourth-order valence-corrected chi connectivity index (χ4v) is 3.38. The van der Waals surface area contributed by atoms with Crippen LogP contribution in [-0.2, 0) is 5.41 Å². The third-order valence-corrected chi connectivity index (χ3v) is 5.07. The van der Waals surface area contributed by atoms with Gasteiger partial charge in [-0.05, 0) is 40.8 Å². The summed E-state index contributed by atoms with van der Waals surface area (Å²) in [4.78, 5) is 25.2. The summed E-state index contributed by atoms with van der Waals surface area (Å²) in [5.41, 5.74) is 3.00. The lowest BCUT2D eigenvalue weighted by Gasteiger charge is -2.34. The first-order valence-electron chi connectivity index (χ1n) is 8.83. The molecule has 0 aliphatic carbocycles. The first-order chi connectivity index (χ1) is 12.7. The van der Waals surface area contributed by atoms with Gasteiger partial charge in [-0.3, -0.25) is 4.79 Å². The van der Waals surface area contributed by atoms with Crippen molar-refractivity contribution in [1.29, 1.82) is 0 Å². The van der Waals surface area contributed by atoms with Crippen molar-refractivity contribution in [2.75, 3.05) is 0 Å². The van der Waals surface area contributed by atoms with Crippen molar-refractivity contribution < 1.29 is 9.59 Å². The molecule has 2 amide bonds. The van der Waals surface area contributed by atoms with Gasteiger partial charge in [0.1, 0.15) is 0 Å². The van der Waals surface area contributed by atoms with Gasteiger partial charge in [-0.25, -0.2) is 4.79 Å². The number of hydrogen-bond acceptors (Lipinski definition) is 2. The normalized spacial score (nSPS) is 20.0. The Morgan fingerprint density at radius 1 is 1.04 bits per heavy atom. The molecule has 2 aromatic carbocycles. The highest BCUT2D eigenvalue weighted by atomic mass is 35.5. The molecule has 5 heteroatoms. The lowest BCUT2D eigenvalue weighted by atomic mass is 9.81. The Labute approximate surface area is 164 Å². The predicted octanol–water partition coefficient (Wildman–Crippen LogP) is 5.00. The summed E-state index contributed by atoms with van der Waals surface area (Å²) in [5, 5.41) is 6.08. The first-order valence-corrected chi connectivity index (χ1v) is 9.21. The fourth-order valence-electron chi connectivity index (χ4n) is 3.25. The molecule has 0 radical (unpaired) electrons. The summed E-state index contributed by atoms with van der Waals surface area (Å²) in [5.74, 6) is -0.724. The van der Waals surface area contributed by atoms with E-state index >= 15 is 0 Å². The number of Topliss-reactive ketones (excluding diaryl/α,β-unsaturated/α-hetero) is 1. The van der Waals surface area contributed by atoms with E-state index in [-0.39, 0.29) is 17.2 Å². The Bertz CT molecular complexity index is 880. The number of amides is 2. The predicted molar refractivity (Wildman–Crippen MR) is 108 cm³/mol. The van der Waals surface area contributed by atoms with Gasteiger partial charge in [0.15, 0.2) is 5.78 Å². The van der Waals surface area contributed by atoms with Gasteiger partial charge in [0.25, 0.3) is 0 Å². The third kappa shape index (κ3) is 4.06. The van der Waals surface area contributed by atoms with E-state index in [9.17, 15) is 9.59 Å². The highest BCUT2D eigenvalue weighted by Gasteiger charge is 2.38. The summed E-state index contributed by atoms with van der Waals surface area (Å²) in [7, 11) is 0. The molecular formula is C22H23ClN2O2. The van der Waals surface area contributed by atoms with Crippen LogP contribution in [0, 0.1) is 5.92 Å². The van der Waals surface area contributed by atoms with Gasteiger partial charge in [0.2, 0.25) is 0 Å². The van der Waals surface area contributed by atoms with Crippen molar-refractivity contribution in [2.24, 2.45) is 5.92 Å². The van der Waals surface area contributed by atoms with E-state index in [4.69, 9.17) is 11.6 Å². The van der Waals surface area contributed by atoms with Crippen LogP contribution in [0.4, 0.5) is 4.79 Å². The Balaban J connectivity index is 1.97. The SMILES string of the molecule is C=C1NC(=O)N[C@H](c2ccc(C(C)(C)C)cc2)[C@@H]1C(=O)c1ccc(Cl)cc1. The molecule has 140 valence electrons. The van der Waals surface area contributed by atoms with Gasteiger partial charge < -0.3 is 10.6 Å². The van der Waals surface area contributed by atoms with Gasteiger partial charge in [0, 0.05) is 16.3 Å². The maximum atomic E-state index is 13.1. The van der Waals surface area contributed by atoms with E-state index in [2.05, 4.69) is 38.0 Å². The number of nitrogens with one attached hydrogen (secondary N) is 2. The van der Waals surface area contributed by atoms with Gasteiger partial charge in [-0.1, -0.05) is 63.2 Å². The number of halogens is 1. The van der Waals surface area contributed by atoms with Crippen LogP contribution in [0.15, 0.2) is 60.8 Å². The van der Waals surface area contributed by atoms with Gasteiger partial charge >= 0.3 is 6.03 Å². The van der Waals surface area contributed by atoms with Crippen LogP contribution in [0.5, 0.6) is 0 Å². The maximum Gasteiger partial charge on any atom is 0.319 e. The average Bonchev–Trinajstić information content (AvgIpc) is 2.60. The zero-order chi connectivity index (χ0) is 19.8. The van der Waals surface area contributed by atoms with Crippen molar-refractivity contribution in [3.8, 4) is 0 Å². The van der Waals surface area contributed by atoms with Crippen molar-refractivity contribution in [1.82, 2.24) is 10.6 Å². The van der Waals surface area contributed by atoms with Crippen LogP contribution < -0.4 is 10.6 Å². The van der Waals surface area contributed by atoms with E-state index in [1.165, 1.54) is 5.56 Å². The van der Waals surface area contributed by atoms with E-state index in [0.29, 0.717) is 16.3 Å². The van der Waals surface area contributed by atoms with Crippen LogP contribution in [0.1, 0.15) is 48.3 Å². The molecule has 0 aromatic heterocycles. The second kappa shape index (κ2) is 7.20. The fraction of sp³-hybridized carbons (Fsp3) is 0.273. The van der Waals surface area contributed by atoms with Gasteiger partial charge in [0.05, 0.1) is 12.0 Å². The van der Waals surface area contributed by atoms with E-state index in [1.54, 1.807) is 24.3 Å². The van der Waals surface area contributed by atoms with E-state index < -0.39 is 12.0 Å². The maximum absolute atomic E-state index is 13.1. The van der Waals surface area contributed by atoms with Crippen molar-refractivity contribution in [2.45, 2.75) is 32.2 Å². The molecule has 1 fully saturated rings. The summed E-state index contributed by atoms with van der Waals surface area (Å²) in [6, 6.07) is 13.9. The topological polar surface area (TPSA) is 58.2 Å². The quantitative estimate of drug-likeness (QED) is 0.733. The van der Waals surface area contributed by atoms with Crippen molar-refractivity contribution in [3.05, 3.63) is 82.5 Å². The number of carbonyl (C=O) groups excluding carboxylic acids is 2. The van der Waals surface area contributed by atoms with Gasteiger partial charge in [-0.2, -0.15) is 0 Å². The number of benzene rings is 2. The Hall–Kier alpha value is -2.59. The third-order valence-electron chi connectivity index (χ3n) is 4.82. The molecule has 4 nitrogen and oxygen atoms in total. The van der Waals surface area contributed by atoms with Crippen LogP contribution in [-0.4, -0.2) is 11.8 Å². The number of ketones is 1. The molecule has 1 aliphatic heterocycles. The first kappa shape index (κ1) is 19.2.